The first-order valence-corrected chi connectivity index (χ1v) is 11.4. The van der Waals surface area contributed by atoms with Gasteiger partial charge in [0.1, 0.15) is 29.7 Å². The number of nitrogens with one attached hydrogen (secondary N) is 1. The summed E-state index contributed by atoms with van der Waals surface area (Å²) in [7, 11) is 0. The van der Waals surface area contributed by atoms with Gasteiger partial charge in [-0.15, -0.1) is 0 Å². The van der Waals surface area contributed by atoms with Crippen molar-refractivity contribution in [1.82, 2.24) is 0 Å². The zero-order chi connectivity index (χ0) is 23.8. The molecule has 1 amide bonds. The average Bonchev–Trinajstić information content (AvgIpc) is 2.79. The van der Waals surface area contributed by atoms with Crippen LogP contribution in [0.3, 0.4) is 0 Å². The van der Waals surface area contributed by atoms with Crippen LogP contribution in [0.15, 0.2) is 76.8 Å². The second kappa shape index (κ2) is 11.6. The van der Waals surface area contributed by atoms with Crippen molar-refractivity contribution in [3.8, 4) is 17.6 Å². The number of amides is 1. The van der Waals surface area contributed by atoms with E-state index in [2.05, 4.69) is 21.2 Å². The van der Waals surface area contributed by atoms with Crippen molar-refractivity contribution in [3.63, 3.8) is 0 Å². The Morgan fingerprint density at radius 3 is 2.45 bits per heavy atom. The van der Waals surface area contributed by atoms with Gasteiger partial charge in [0, 0.05) is 20.7 Å². The molecule has 168 valence electrons. The molecule has 0 spiro atoms. The van der Waals surface area contributed by atoms with Gasteiger partial charge in [-0.05, 0) is 80.1 Å². The molecule has 0 heterocycles. The summed E-state index contributed by atoms with van der Waals surface area (Å²) in [6.07, 6.45) is 1.40. The molecule has 3 aromatic carbocycles. The molecule has 3 rings (SSSR count). The SMILES string of the molecule is CC(C)Oc1ccc(Cl)cc1/C=C(\C#N)C(=O)Nc1ccc(OCc2ccc(Br)cc2)cc1. The summed E-state index contributed by atoms with van der Waals surface area (Å²) in [5, 5.41) is 12.8. The minimum atomic E-state index is -0.531. The van der Waals surface area contributed by atoms with Crippen molar-refractivity contribution in [2.45, 2.75) is 26.6 Å². The van der Waals surface area contributed by atoms with E-state index in [9.17, 15) is 10.1 Å². The fraction of sp³-hybridized carbons (Fsp3) is 0.154. The number of anilines is 1. The van der Waals surface area contributed by atoms with Crippen LogP contribution >= 0.6 is 27.5 Å². The Labute approximate surface area is 206 Å². The number of hydrogen-bond donors (Lipinski definition) is 1. The molecule has 5 nitrogen and oxygen atoms in total. The lowest BCUT2D eigenvalue weighted by Gasteiger charge is -2.13. The van der Waals surface area contributed by atoms with Gasteiger partial charge >= 0.3 is 0 Å². The molecular weight excluding hydrogens is 504 g/mol. The summed E-state index contributed by atoms with van der Waals surface area (Å²) in [5.74, 6) is 0.681. The highest BCUT2D eigenvalue weighted by Crippen LogP contribution is 2.27. The highest BCUT2D eigenvalue weighted by molar-refractivity contribution is 9.10. The quantitative estimate of drug-likeness (QED) is 0.253. The van der Waals surface area contributed by atoms with Gasteiger partial charge in [-0.3, -0.25) is 4.79 Å². The molecule has 0 unspecified atom stereocenters. The summed E-state index contributed by atoms with van der Waals surface area (Å²) in [6, 6.07) is 21.8. The lowest BCUT2D eigenvalue weighted by molar-refractivity contribution is -0.112. The number of halogens is 2. The summed E-state index contributed by atoms with van der Waals surface area (Å²) in [4.78, 5) is 12.7. The van der Waals surface area contributed by atoms with Crippen LogP contribution in [-0.4, -0.2) is 12.0 Å². The monoisotopic (exact) mass is 524 g/mol. The number of rotatable bonds is 8. The normalized spacial score (nSPS) is 11.1. The zero-order valence-corrected chi connectivity index (χ0v) is 20.5. The van der Waals surface area contributed by atoms with Crippen molar-refractivity contribution in [2.24, 2.45) is 0 Å². The van der Waals surface area contributed by atoms with Gasteiger partial charge in [0.2, 0.25) is 0 Å². The Balaban J connectivity index is 1.67. The summed E-state index contributed by atoms with van der Waals surface area (Å²) in [5.41, 5.74) is 2.07. The third-order valence-corrected chi connectivity index (χ3v) is 5.19. The zero-order valence-electron chi connectivity index (χ0n) is 18.1. The van der Waals surface area contributed by atoms with Gasteiger partial charge in [0.25, 0.3) is 5.91 Å². The first-order chi connectivity index (χ1) is 15.8. The van der Waals surface area contributed by atoms with Crippen LogP contribution in [0.4, 0.5) is 5.69 Å². The van der Waals surface area contributed by atoms with Crippen molar-refractivity contribution < 1.29 is 14.3 Å². The maximum absolute atomic E-state index is 12.7. The van der Waals surface area contributed by atoms with Gasteiger partial charge in [-0.1, -0.05) is 39.7 Å². The first kappa shape index (κ1) is 24.4. The fourth-order valence-corrected chi connectivity index (χ4v) is 3.32. The molecule has 0 aromatic heterocycles. The number of carbonyl (C=O) groups is 1. The largest absolute Gasteiger partial charge is 0.490 e. The molecule has 0 atom stereocenters. The molecule has 33 heavy (non-hydrogen) atoms. The van der Waals surface area contributed by atoms with Crippen LogP contribution in [0.2, 0.25) is 5.02 Å². The molecule has 0 bridgehead atoms. The van der Waals surface area contributed by atoms with Crippen LogP contribution in [0.5, 0.6) is 11.5 Å². The van der Waals surface area contributed by atoms with E-state index < -0.39 is 5.91 Å². The molecule has 0 fully saturated rings. The van der Waals surface area contributed by atoms with Gasteiger partial charge in [0.05, 0.1) is 6.10 Å². The van der Waals surface area contributed by atoms with E-state index in [1.54, 1.807) is 42.5 Å². The maximum atomic E-state index is 12.7. The molecule has 0 aliphatic rings. The van der Waals surface area contributed by atoms with Crippen molar-refractivity contribution in [1.29, 1.82) is 5.26 Å². The van der Waals surface area contributed by atoms with E-state index in [1.165, 1.54) is 6.08 Å². The number of carbonyl (C=O) groups excluding carboxylic acids is 1. The smallest absolute Gasteiger partial charge is 0.266 e. The molecule has 1 N–H and O–H groups in total. The molecule has 0 saturated carbocycles. The fourth-order valence-electron chi connectivity index (χ4n) is 2.88. The van der Waals surface area contributed by atoms with Crippen LogP contribution in [0, 0.1) is 11.3 Å². The molecular formula is C26H22BrClN2O3. The molecule has 0 radical (unpaired) electrons. The van der Waals surface area contributed by atoms with Crippen LogP contribution in [-0.2, 0) is 11.4 Å². The number of nitrogens with zero attached hydrogens (tertiary/aromatic N) is 1. The van der Waals surface area contributed by atoms with Gasteiger partial charge in [0.15, 0.2) is 0 Å². The molecule has 0 saturated heterocycles. The highest BCUT2D eigenvalue weighted by Gasteiger charge is 2.13. The lowest BCUT2D eigenvalue weighted by atomic mass is 10.1. The van der Waals surface area contributed by atoms with Crippen LogP contribution in [0.1, 0.15) is 25.0 Å². The van der Waals surface area contributed by atoms with E-state index in [-0.39, 0.29) is 11.7 Å². The summed E-state index contributed by atoms with van der Waals surface area (Å²) in [6.45, 7) is 4.22. The topological polar surface area (TPSA) is 71.3 Å². The lowest BCUT2D eigenvalue weighted by Crippen LogP contribution is -2.13. The van der Waals surface area contributed by atoms with E-state index in [0.717, 1.165) is 10.0 Å². The Bertz CT molecular complexity index is 1180. The predicted octanol–water partition coefficient (Wildman–Crippen LogP) is 7.01. The third-order valence-electron chi connectivity index (χ3n) is 4.43. The number of benzene rings is 3. The van der Waals surface area contributed by atoms with Crippen molar-refractivity contribution in [2.75, 3.05) is 5.32 Å². The predicted molar refractivity (Wildman–Crippen MR) is 134 cm³/mol. The first-order valence-electron chi connectivity index (χ1n) is 10.2. The van der Waals surface area contributed by atoms with Gasteiger partial charge in [-0.25, -0.2) is 0 Å². The maximum Gasteiger partial charge on any atom is 0.266 e. The van der Waals surface area contributed by atoms with Crippen molar-refractivity contribution in [3.05, 3.63) is 92.9 Å². The Morgan fingerprint density at radius 1 is 1.12 bits per heavy atom. The molecule has 0 aliphatic heterocycles. The second-order valence-electron chi connectivity index (χ2n) is 7.41. The molecule has 3 aromatic rings. The van der Waals surface area contributed by atoms with Crippen LogP contribution in [0.25, 0.3) is 6.08 Å². The Kier molecular flexibility index (Phi) is 8.53. The Morgan fingerprint density at radius 2 is 1.82 bits per heavy atom. The van der Waals surface area contributed by atoms with E-state index in [0.29, 0.717) is 34.4 Å². The van der Waals surface area contributed by atoms with Gasteiger partial charge in [-0.2, -0.15) is 5.26 Å². The summed E-state index contributed by atoms with van der Waals surface area (Å²) < 4.78 is 12.5. The van der Waals surface area contributed by atoms with Crippen LogP contribution < -0.4 is 14.8 Å². The number of ether oxygens (including phenoxy) is 2. The highest BCUT2D eigenvalue weighted by atomic mass is 79.9. The van der Waals surface area contributed by atoms with Gasteiger partial charge < -0.3 is 14.8 Å². The second-order valence-corrected chi connectivity index (χ2v) is 8.76. The standard InChI is InChI=1S/C26H22BrClN2O3/c1-17(2)33-25-12-7-22(28)14-19(25)13-20(15-29)26(31)30-23-8-10-24(11-9-23)32-16-18-3-5-21(27)6-4-18/h3-14,17H,16H2,1-2H3,(H,30,31)/b20-13+. The molecule has 0 aliphatic carbocycles. The number of hydrogen-bond acceptors (Lipinski definition) is 4. The minimum Gasteiger partial charge on any atom is -0.490 e. The van der Waals surface area contributed by atoms with Crippen molar-refractivity contribution >= 4 is 45.2 Å². The Hall–Kier alpha value is -3.27. The van der Waals surface area contributed by atoms with E-state index in [4.69, 9.17) is 21.1 Å². The average molecular weight is 526 g/mol. The summed E-state index contributed by atoms with van der Waals surface area (Å²) >= 11 is 9.50. The third kappa shape index (κ3) is 7.38. The minimum absolute atomic E-state index is 0.0674. The molecule has 7 heteroatoms. The number of nitriles is 1. The van der Waals surface area contributed by atoms with E-state index >= 15 is 0 Å². The van der Waals surface area contributed by atoms with E-state index in [1.807, 2.05) is 44.2 Å².